The molecule has 1 aliphatic carbocycles. The Bertz CT molecular complexity index is 636. The summed E-state index contributed by atoms with van der Waals surface area (Å²) in [6.45, 7) is 3.00. The van der Waals surface area contributed by atoms with E-state index >= 15 is 0 Å². The average molecular weight is 315 g/mol. The van der Waals surface area contributed by atoms with Crippen molar-refractivity contribution in [2.75, 3.05) is 5.32 Å². The Morgan fingerprint density at radius 2 is 2.04 bits per heavy atom. The third-order valence-electron chi connectivity index (χ3n) is 3.80. The number of amides is 1. The van der Waals surface area contributed by atoms with Crippen LogP contribution in [0.15, 0.2) is 36.4 Å². The molecular formula is C18H21NO4. The zero-order valence-corrected chi connectivity index (χ0v) is 13.4. The number of rotatable bonds is 5. The van der Waals surface area contributed by atoms with Crippen LogP contribution in [0.5, 0.6) is 0 Å². The first-order chi connectivity index (χ1) is 11.0. The van der Waals surface area contributed by atoms with Gasteiger partial charge in [-0.15, -0.1) is 0 Å². The van der Waals surface area contributed by atoms with Crippen LogP contribution in [-0.2, 0) is 14.3 Å². The van der Waals surface area contributed by atoms with Gasteiger partial charge in [0.25, 0.3) is 5.91 Å². The van der Waals surface area contributed by atoms with E-state index in [0.717, 1.165) is 12.8 Å². The molecule has 0 spiro atoms. The number of Topliss-reactive ketones (excluding diaryl/α,β-unsaturated/α-hetero) is 1. The van der Waals surface area contributed by atoms with Crippen LogP contribution in [-0.4, -0.2) is 23.8 Å². The highest BCUT2D eigenvalue weighted by Gasteiger charge is 2.25. The van der Waals surface area contributed by atoms with Gasteiger partial charge in [0, 0.05) is 11.3 Å². The minimum atomic E-state index is -0.880. The molecule has 0 fully saturated rings. The van der Waals surface area contributed by atoms with Gasteiger partial charge in [-0.1, -0.05) is 24.3 Å². The van der Waals surface area contributed by atoms with Crippen LogP contribution in [0.4, 0.5) is 5.69 Å². The number of ketones is 1. The first-order valence-electron chi connectivity index (χ1n) is 7.74. The molecule has 1 aromatic carbocycles. The molecule has 5 nitrogen and oxygen atoms in total. The Hall–Kier alpha value is -2.43. The van der Waals surface area contributed by atoms with E-state index in [4.69, 9.17) is 4.74 Å². The highest BCUT2D eigenvalue weighted by atomic mass is 16.5. The number of carbonyl (C=O) groups excluding carboxylic acids is 3. The second-order valence-electron chi connectivity index (χ2n) is 5.69. The first-order valence-corrected chi connectivity index (χ1v) is 7.74. The van der Waals surface area contributed by atoms with Gasteiger partial charge in [0.2, 0.25) is 0 Å². The molecule has 0 aromatic heterocycles. The van der Waals surface area contributed by atoms with Crippen LogP contribution in [0, 0.1) is 5.92 Å². The summed E-state index contributed by atoms with van der Waals surface area (Å²) in [5.74, 6) is -0.998. The summed E-state index contributed by atoms with van der Waals surface area (Å²) in [6, 6.07) is 6.65. The van der Waals surface area contributed by atoms with Crippen LogP contribution >= 0.6 is 0 Å². The molecular weight excluding hydrogens is 294 g/mol. The fourth-order valence-electron chi connectivity index (χ4n) is 2.39. The number of ether oxygens (including phenoxy) is 1. The van der Waals surface area contributed by atoms with E-state index in [9.17, 15) is 14.4 Å². The zero-order valence-electron chi connectivity index (χ0n) is 13.4. The van der Waals surface area contributed by atoms with Crippen molar-refractivity contribution in [3.05, 3.63) is 42.0 Å². The van der Waals surface area contributed by atoms with Crippen molar-refractivity contribution in [2.24, 2.45) is 5.92 Å². The van der Waals surface area contributed by atoms with Gasteiger partial charge in [-0.2, -0.15) is 0 Å². The van der Waals surface area contributed by atoms with E-state index in [-0.39, 0.29) is 17.7 Å². The fourth-order valence-corrected chi connectivity index (χ4v) is 2.39. The van der Waals surface area contributed by atoms with Crippen molar-refractivity contribution in [2.45, 2.75) is 39.2 Å². The summed E-state index contributed by atoms with van der Waals surface area (Å²) in [7, 11) is 0. The van der Waals surface area contributed by atoms with E-state index in [1.54, 1.807) is 31.2 Å². The highest BCUT2D eigenvalue weighted by molar-refractivity contribution is 5.98. The smallest absolute Gasteiger partial charge is 0.310 e. The SMILES string of the molecule is CC(=O)c1cccc(NC(=O)[C@@H](C)OC(=O)[C@@H]2CC=CCC2)c1. The van der Waals surface area contributed by atoms with Crippen LogP contribution in [0.3, 0.4) is 0 Å². The largest absolute Gasteiger partial charge is 0.452 e. The van der Waals surface area contributed by atoms with E-state index in [1.807, 2.05) is 12.2 Å². The van der Waals surface area contributed by atoms with Crippen molar-refractivity contribution in [3.8, 4) is 0 Å². The summed E-state index contributed by atoms with van der Waals surface area (Å²) < 4.78 is 5.25. The number of allylic oxidation sites excluding steroid dienone is 2. The molecule has 5 heteroatoms. The lowest BCUT2D eigenvalue weighted by Crippen LogP contribution is -2.32. The van der Waals surface area contributed by atoms with E-state index in [2.05, 4.69) is 5.32 Å². The number of anilines is 1. The lowest BCUT2D eigenvalue weighted by atomic mass is 9.95. The number of esters is 1. The summed E-state index contributed by atoms with van der Waals surface area (Å²) in [6.07, 6.45) is 5.40. The highest BCUT2D eigenvalue weighted by Crippen LogP contribution is 2.20. The third kappa shape index (κ3) is 4.77. The molecule has 0 aliphatic heterocycles. The Balaban J connectivity index is 1.92. The standard InChI is InChI=1S/C18H21NO4/c1-12(20)15-9-6-10-16(11-15)19-17(21)13(2)23-18(22)14-7-4-3-5-8-14/h3-4,6,9-11,13-14H,5,7-8H2,1-2H3,(H,19,21)/t13-,14-/m1/s1. The van der Waals surface area contributed by atoms with Gasteiger partial charge in [0.05, 0.1) is 5.92 Å². The molecule has 1 aliphatic rings. The predicted molar refractivity (Wildman–Crippen MR) is 87.1 cm³/mol. The molecule has 1 aromatic rings. The molecule has 0 saturated carbocycles. The number of hydrogen-bond acceptors (Lipinski definition) is 4. The summed E-state index contributed by atoms with van der Waals surface area (Å²) in [5.41, 5.74) is 1.02. The molecule has 0 heterocycles. The van der Waals surface area contributed by atoms with Crippen LogP contribution < -0.4 is 5.32 Å². The zero-order chi connectivity index (χ0) is 16.8. The molecule has 23 heavy (non-hydrogen) atoms. The third-order valence-corrected chi connectivity index (χ3v) is 3.80. The van der Waals surface area contributed by atoms with E-state index < -0.39 is 12.0 Å². The molecule has 0 radical (unpaired) electrons. The van der Waals surface area contributed by atoms with Gasteiger partial charge in [-0.05, 0) is 45.2 Å². The quantitative estimate of drug-likeness (QED) is 0.515. The van der Waals surface area contributed by atoms with Gasteiger partial charge < -0.3 is 10.1 Å². The summed E-state index contributed by atoms with van der Waals surface area (Å²) in [5, 5.41) is 2.66. The van der Waals surface area contributed by atoms with Gasteiger partial charge in [-0.25, -0.2) is 0 Å². The maximum atomic E-state index is 12.1. The van der Waals surface area contributed by atoms with E-state index in [0.29, 0.717) is 17.7 Å². The van der Waals surface area contributed by atoms with Gasteiger partial charge in [-0.3, -0.25) is 14.4 Å². The summed E-state index contributed by atoms with van der Waals surface area (Å²) >= 11 is 0. The predicted octanol–water partition coefficient (Wildman–Crippen LogP) is 3.12. The lowest BCUT2D eigenvalue weighted by Gasteiger charge is -2.19. The topological polar surface area (TPSA) is 72.5 Å². The van der Waals surface area contributed by atoms with Crippen molar-refractivity contribution in [1.82, 2.24) is 0 Å². The molecule has 2 atom stereocenters. The first kappa shape index (κ1) is 16.9. The Kier molecular flexibility index (Phi) is 5.68. The van der Waals surface area contributed by atoms with Crippen LogP contribution in [0.1, 0.15) is 43.5 Å². The maximum Gasteiger partial charge on any atom is 0.310 e. The van der Waals surface area contributed by atoms with Crippen molar-refractivity contribution < 1.29 is 19.1 Å². The Labute approximate surface area is 135 Å². The second-order valence-corrected chi connectivity index (χ2v) is 5.69. The summed E-state index contributed by atoms with van der Waals surface area (Å²) in [4.78, 5) is 35.5. The van der Waals surface area contributed by atoms with Crippen LogP contribution in [0.25, 0.3) is 0 Å². The molecule has 0 unspecified atom stereocenters. The van der Waals surface area contributed by atoms with Gasteiger partial charge in [0.1, 0.15) is 0 Å². The number of nitrogens with one attached hydrogen (secondary N) is 1. The number of carbonyl (C=O) groups is 3. The monoisotopic (exact) mass is 315 g/mol. The average Bonchev–Trinajstić information content (AvgIpc) is 2.55. The Morgan fingerprint density at radius 3 is 2.70 bits per heavy atom. The maximum absolute atomic E-state index is 12.1. The lowest BCUT2D eigenvalue weighted by molar-refractivity contribution is -0.157. The normalized spacial score (nSPS) is 18.1. The molecule has 1 amide bonds. The number of hydrogen-bond donors (Lipinski definition) is 1. The van der Waals surface area contributed by atoms with E-state index in [1.165, 1.54) is 6.92 Å². The van der Waals surface area contributed by atoms with Crippen molar-refractivity contribution in [3.63, 3.8) is 0 Å². The molecule has 1 N–H and O–H groups in total. The minimum absolute atomic E-state index is 0.0778. The van der Waals surface area contributed by atoms with Gasteiger partial charge >= 0.3 is 5.97 Å². The van der Waals surface area contributed by atoms with Crippen molar-refractivity contribution >= 4 is 23.3 Å². The molecule has 0 bridgehead atoms. The minimum Gasteiger partial charge on any atom is -0.452 e. The Morgan fingerprint density at radius 1 is 1.26 bits per heavy atom. The fraction of sp³-hybridized carbons (Fsp3) is 0.389. The number of benzene rings is 1. The molecule has 122 valence electrons. The van der Waals surface area contributed by atoms with Gasteiger partial charge in [0.15, 0.2) is 11.9 Å². The second kappa shape index (κ2) is 7.72. The van der Waals surface area contributed by atoms with Crippen LogP contribution in [0.2, 0.25) is 0 Å². The molecule has 0 saturated heterocycles. The molecule has 2 rings (SSSR count). The van der Waals surface area contributed by atoms with Crippen molar-refractivity contribution in [1.29, 1.82) is 0 Å².